The molecule has 148 valence electrons. The lowest BCUT2D eigenvalue weighted by atomic mass is 10.0. The fourth-order valence-electron chi connectivity index (χ4n) is 2.61. The Morgan fingerprint density at radius 2 is 2.04 bits per heavy atom. The first kappa shape index (κ1) is 23.8. The SMILES string of the molecule is CN=C(NCCCOCC1CCOCC1)NCc1ccc(Cl)cc1Cl.I. The Morgan fingerprint density at radius 1 is 1.27 bits per heavy atom. The van der Waals surface area contributed by atoms with Crippen molar-refractivity contribution in [2.24, 2.45) is 10.9 Å². The fourth-order valence-corrected chi connectivity index (χ4v) is 3.08. The Morgan fingerprint density at radius 3 is 2.73 bits per heavy atom. The van der Waals surface area contributed by atoms with Crippen LogP contribution in [-0.2, 0) is 16.0 Å². The van der Waals surface area contributed by atoms with Gasteiger partial charge in [0.05, 0.1) is 0 Å². The molecule has 0 aliphatic carbocycles. The molecule has 0 unspecified atom stereocenters. The van der Waals surface area contributed by atoms with Crippen LogP contribution in [0, 0.1) is 5.92 Å². The number of rotatable bonds is 8. The minimum absolute atomic E-state index is 0. The van der Waals surface area contributed by atoms with E-state index >= 15 is 0 Å². The lowest BCUT2D eigenvalue weighted by Crippen LogP contribution is -2.37. The van der Waals surface area contributed by atoms with Crippen LogP contribution in [0.1, 0.15) is 24.8 Å². The molecule has 0 aromatic heterocycles. The summed E-state index contributed by atoms with van der Waals surface area (Å²) in [6.45, 7) is 4.73. The Balaban J connectivity index is 0.00000338. The van der Waals surface area contributed by atoms with E-state index in [1.807, 2.05) is 12.1 Å². The molecular weight excluding hydrogens is 488 g/mol. The van der Waals surface area contributed by atoms with E-state index in [2.05, 4.69) is 15.6 Å². The average Bonchev–Trinajstić information content (AvgIpc) is 2.62. The van der Waals surface area contributed by atoms with Crippen molar-refractivity contribution in [1.82, 2.24) is 10.6 Å². The highest BCUT2D eigenvalue weighted by Gasteiger charge is 2.13. The van der Waals surface area contributed by atoms with Crippen molar-refractivity contribution in [3.8, 4) is 0 Å². The summed E-state index contributed by atoms with van der Waals surface area (Å²) >= 11 is 12.1. The molecule has 1 aliphatic rings. The van der Waals surface area contributed by atoms with Crippen LogP contribution in [0.25, 0.3) is 0 Å². The molecule has 8 heteroatoms. The molecule has 0 spiro atoms. The first-order valence-corrected chi connectivity index (χ1v) is 9.48. The maximum atomic E-state index is 6.17. The van der Waals surface area contributed by atoms with Crippen molar-refractivity contribution in [3.05, 3.63) is 33.8 Å². The highest BCUT2D eigenvalue weighted by atomic mass is 127. The Bertz CT molecular complexity index is 555. The summed E-state index contributed by atoms with van der Waals surface area (Å²) in [6, 6.07) is 5.48. The highest BCUT2D eigenvalue weighted by molar-refractivity contribution is 14.0. The highest BCUT2D eigenvalue weighted by Crippen LogP contribution is 2.20. The van der Waals surface area contributed by atoms with Crippen molar-refractivity contribution in [3.63, 3.8) is 0 Å². The van der Waals surface area contributed by atoms with Crippen molar-refractivity contribution in [2.45, 2.75) is 25.8 Å². The van der Waals surface area contributed by atoms with E-state index in [0.29, 0.717) is 22.5 Å². The summed E-state index contributed by atoms with van der Waals surface area (Å²) in [5.41, 5.74) is 0.980. The molecule has 26 heavy (non-hydrogen) atoms. The van der Waals surface area contributed by atoms with E-state index in [-0.39, 0.29) is 24.0 Å². The second-order valence-electron chi connectivity index (χ2n) is 6.07. The van der Waals surface area contributed by atoms with Crippen molar-refractivity contribution in [2.75, 3.05) is 40.0 Å². The van der Waals surface area contributed by atoms with Gasteiger partial charge in [0.25, 0.3) is 0 Å². The number of guanidine groups is 1. The number of halogens is 3. The maximum Gasteiger partial charge on any atom is 0.191 e. The molecule has 0 bridgehead atoms. The van der Waals surface area contributed by atoms with Crippen LogP contribution in [0.5, 0.6) is 0 Å². The van der Waals surface area contributed by atoms with Crippen LogP contribution in [0.3, 0.4) is 0 Å². The zero-order chi connectivity index (χ0) is 17.9. The van der Waals surface area contributed by atoms with E-state index in [1.54, 1.807) is 13.1 Å². The second-order valence-corrected chi connectivity index (χ2v) is 6.92. The van der Waals surface area contributed by atoms with E-state index in [4.69, 9.17) is 32.7 Å². The van der Waals surface area contributed by atoms with Gasteiger partial charge in [0.2, 0.25) is 0 Å². The van der Waals surface area contributed by atoms with Crippen molar-refractivity contribution in [1.29, 1.82) is 0 Å². The summed E-state index contributed by atoms with van der Waals surface area (Å²) in [6.07, 6.45) is 3.16. The lowest BCUT2D eigenvalue weighted by molar-refractivity contribution is 0.0203. The van der Waals surface area contributed by atoms with Gasteiger partial charge in [-0.15, -0.1) is 24.0 Å². The van der Waals surface area contributed by atoms with Gasteiger partial charge in [-0.05, 0) is 42.9 Å². The van der Waals surface area contributed by atoms with E-state index in [0.717, 1.165) is 63.8 Å². The van der Waals surface area contributed by atoms with Gasteiger partial charge in [-0.25, -0.2) is 0 Å². The van der Waals surface area contributed by atoms with E-state index in [9.17, 15) is 0 Å². The van der Waals surface area contributed by atoms with Gasteiger partial charge in [-0.2, -0.15) is 0 Å². The van der Waals surface area contributed by atoms with Crippen molar-refractivity contribution >= 4 is 53.1 Å². The first-order valence-electron chi connectivity index (χ1n) is 8.73. The molecule has 1 aliphatic heterocycles. The minimum atomic E-state index is 0. The molecular formula is C18H28Cl2IN3O2. The van der Waals surface area contributed by atoms with Gasteiger partial charge in [-0.1, -0.05) is 29.3 Å². The van der Waals surface area contributed by atoms with Crippen LogP contribution in [0.4, 0.5) is 0 Å². The van der Waals surface area contributed by atoms with Crippen molar-refractivity contribution < 1.29 is 9.47 Å². The van der Waals surface area contributed by atoms with Crippen LogP contribution in [0.2, 0.25) is 10.0 Å². The molecule has 1 aromatic rings. The molecule has 1 fully saturated rings. The van der Waals surface area contributed by atoms with E-state index in [1.165, 1.54) is 0 Å². The summed E-state index contributed by atoms with van der Waals surface area (Å²) in [5.74, 6) is 1.40. The summed E-state index contributed by atoms with van der Waals surface area (Å²) in [4.78, 5) is 4.21. The number of ether oxygens (including phenoxy) is 2. The topological polar surface area (TPSA) is 54.9 Å². The number of hydrogen-bond acceptors (Lipinski definition) is 3. The van der Waals surface area contributed by atoms with Crippen LogP contribution >= 0.6 is 47.2 Å². The first-order chi connectivity index (χ1) is 12.2. The van der Waals surface area contributed by atoms with Gasteiger partial charge in [0.1, 0.15) is 0 Å². The van der Waals surface area contributed by atoms with Crippen LogP contribution in [0.15, 0.2) is 23.2 Å². The molecule has 1 heterocycles. The molecule has 0 radical (unpaired) electrons. The second kappa shape index (κ2) is 13.8. The number of nitrogens with zero attached hydrogens (tertiary/aromatic N) is 1. The number of benzene rings is 1. The smallest absolute Gasteiger partial charge is 0.191 e. The molecule has 2 N–H and O–H groups in total. The zero-order valence-corrected chi connectivity index (χ0v) is 18.9. The Hall–Kier alpha value is -0.280. The molecule has 1 saturated heterocycles. The third kappa shape index (κ3) is 9.08. The monoisotopic (exact) mass is 515 g/mol. The molecule has 0 amide bonds. The normalized spacial score (nSPS) is 15.4. The maximum absolute atomic E-state index is 6.17. The number of nitrogens with one attached hydrogen (secondary N) is 2. The summed E-state index contributed by atoms with van der Waals surface area (Å²) in [7, 11) is 1.75. The molecule has 2 rings (SSSR count). The number of hydrogen-bond donors (Lipinski definition) is 2. The molecule has 0 atom stereocenters. The molecule has 1 aromatic carbocycles. The van der Waals surface area contributed by atoms with E-state index < -0.39 is 0 Å². The van der Waals surface area contributed by atoms with Gasteiger partial charge >= 0.3 is 0 Å². The predicted molar refractivity (Wildman–Crippen MR) is 119 cm³/mol. The number of aliphatic imine (C=N–C) groups is 1. The Labute approximate surface area is 183 Å². The lowest BCUT2D eigenvalue weighted by Gasteiger charge is -2.21. The fraction of sp³-hybridized carbons (Fsp3) is 0.611. The largest absolute Gasteiger partial charge is 0.381 e. The average molecular weight is 516 g/mol. The summed E-state index contributed by atoms with van der Waals surface area (Å²) < 4.78 is 11.1. The van der Waals surface area contributed by atoms with Gasteiger partial charge in [0, 0.05) is 56.6 Å². The quantitative estimate of drug-likeness (QED) is 0.237. The standard InChI is InChI=1S/C18H27Cl2N3O2.HI/c1-21-18(23-12-15-3-4-16(19)11-17(15)20)22-7-2-8-25-13-14-5-9-24-10-6-14;/h3-4,11,14H,2,5-10,12-13H2,1H3,(H2,21,22,23);1H. The third-order valence-corrected chi connectivity index (χ3v) is 4.72. The third-order valence-electron chi connectivity index (χ3n) is 4.14. The molecule has 0 saturated carbocycles. The molecule has 5 nitrogen and oxygen atoms in total. The van der Waals surface area contributed by atoms with Crippen LogP contribution < -0.4 is 10.6 Å². The van der Waals surface area contributed by atoms with Gasteiger partial charge in [0.15, 0.2) is 5.96 Å². The minimum Gasteiger partial charge on any atom is -0.381 e. The van der Waals surface area contributed by atoms with Gasteiger partial charge in [-0.3, -0.25) is 4.99 Å². The Kier molecular flexibility index (Phi) is 12.6. The summed E-state index contributed by atoms with van der Waals surface area (Å²) in [5, 5.41) is 7.81. The van der Waals surface area contributed by atoms with Crippen LogP contribution in [-0.4, -0.2) is 46.0 Å². The predicted octanol–water partition coefficient (Wildman–Crippen LogP) is 4.11. The zero-order valence-electron chi connectivity index (χ0n) is 15.1. The van der Waals surface area contributed by atoms with Gasteiger partial charge < -0.3 is 20.1 Å².